The molecule has 0 heterocycles. The summed E-state index contributed by atoms with van der Waals surface area (Å²) in [5.41, 5.74) is 3.40. The highest BCUT2D eigenvalue weighted by atomic mass is 16.5. The van der Waals surface area contributed by atoms with Gasteiger partial charge in [-0.15, -0.1) is 0 Å². The zero-order valence-corrected chi connectivity index (χ0v) is 8.16. The summed E-state index contributed by atoms with van der Waals surface area (Å²) in [5, 5.41) is 12.0. The Bertz CT molecular complexity index is 372. The maximum absolute atomic E-state index is 8.70. The van der Waals surface area contributed by atoms with E-state index in [1.54, 1.807) is 7.11 Å². The zero-order valence-electron chi connectivity index (χ0n) is 8.16. The lowest BCUT2D eigenvalue weighted by atomic mass is 9.90. The van der Waals surface area contributed by atoms with Crippen LogP contribution in [-0.2, 0) is 12.8 Å². The molecule has 1 aromatic carbocycles. The van der Waals surface area contributed by atoms with Gasteiger partial charge in [0, 0.05) is 6.42 Å². The fourth-order valence-electron chi connectivity index (χ4n) is 1.81. The average Bonchev–Trinajstić information content (AvgIpc) is 2.27. The smallest absolute Gasteiger partial charge is 0.119 e. The van der Waals surface area contributed by atoms with Crippen LogP contribution < -0.4 is 4.74 Å². The number of hydrogen-bond acceptors (Lipinski definition) is 3. The predicted octanol–water partition coefficient (Wildman–Crippen LogP) is 2.01. The molecular formula is C11H13NO2. The highest BCUT2D eigenvalue weighted by Gasteiger charge is 2.14. The third-order valence-electron chi connectivity index (χ3n) is 2.63. The fraction of sp³-hybridized carbons (Fsp3) is 0.364. The third kappa shape index (κ3) is 1.58. The highest BCUT2D eigenvalue weighted by molar-refractivity contribution is 5.88. The standard InChI is InChI=1S/C11H13NO2/c1-14-11-5-3-8-2-4-10(12-13)6-9(8)7-11/h3,5,7,13H,2,4,6H2,1H3/b12-10-. The van der Waals surface area contributed by atoms with Crippen LogP contribution in [0.15, 0.2) is 23.4 Å². The summed E-state index contributed by atoms with van der Waals surface area (Å²) in [6.45, 7) is 0. The molecule has 1 aromatic rings. The van der Waals surface area contributed by atoms with Crippen molar-refractivity contribution in [3.8, 4) is 5.75 Å². The summed E-state index contributed by atoms with van der Waals surface area (Å²) in [6, 6.07) is 6.07. The second kappa shape index (κ2) is 3.70. The SMILES string of the molecule is COc1ccc2c(c1)C/C(=N\O)CC2. The first-order valence-corrected chi connectivity index (χ1v) is 4.69. The van der Waals surface area contributed by atoms with Crippen molar-refractivity contribution in [3.63, 3.8) is 0 Å². The fourth-order valence-corrected chi connectivity index (χ4v) is 1.81. The molecular weight excluding hydrogens is 178 g/mol. The highest BCUT2D eigenvalue weighted by Crippen LogP contribution is 2.24. The van der Waals surface area contributed by atoms with Crippen LogP contribution in [0, 0.1) is 0 Å². The molecule has 74 valence electrons. The summed E-state index contributed by atoms with van der Waals surface area (Å²) in [6.07, 6.45) is 2.55. The van der Waals surface area contributed by atoms with E-state index in [0.29, 0.717) is 0 Å². The zero-order chi connectivity index (χ0) is 9.97. The third-order valence-corrected chi connectivity index (χ3v) is 2.63. The number of aryl methyl sites for hydroxylation is 1. The summed E-state index contributed by atoms with van der Waals surface area (Å²) < 4.78 is 5.15. The van der Waals surface area contributed by atoms with Crippen molar-refractivity contribution < 1.29 is 9.94 Å². The Morgan fingerprint density at radius 2 is 2.14 bits per heavy atom. The van der Waals surface area contributed by atoms with E-state index in [9.17, 15) is 0 Å². The van der Waals surface area contributed by atoms with Crippen LogP contribution in [0.5, 0.6) is 5.75 Å². The summed E-state index contributed by atoms with van der Waals surface area (Å²) in [5.74, 6) is 0.864. The Balaban J connectivity index is 2.34. The second-order valence-electron chi connectivity index (χ2n) is 3.48. The number of ether oxygens (including phenoxy) is 1. The van der Waals surface area contributed by atoms with Gasteiger partial charge in [0.05, 0.1) is 12.8 Å². The molecule has 0 unspecified atom stereocenters. The van der Waals surface area contributed by atoms with Crippen LogP contribution in [-0.4, -0.2) is 18.0 Å². The molecule has 3 heteroatoms. The Morgan fingerprint density at radius 1 is 1.29 bits per heavy atom. The second-order valence-corrected chi connectivity index (χ2v) is 3.48. The molecule has 1 aliphatic carbocycles. The van der Waals surface area contributed by atoms with E-state index in [0.717, 1.165) is 30.7 Å². The van der Waals surface area contributed by atoms with Crippen molar-refractivity contribution >= 4 is 5.71 Å². The minimum atomic E-state index is 0.739. The van der Waals surface area contributed by atoms with Crippen molar-refractivity contribution in [2.75, 3.05) is 7.11 Å². The molecule has 0 aromatic heterocycles. The van der Waals surface area contributed by atoms with Gasteiger partial charge in [0.1, 0.15) is 5.75 Å². The van der Waals surface area contributed by atoms with E-state index in [-0.39, 0.29) is 0 Å². The number of nitrogens with zero attached hydrogens (tertiary/aromatic N) is 1. The van der Waals surface area contributed by atoms with Gasteiger partial charge >= 0.3 is 0 Å². The Labute approximate surface area is 83.0 Å². The summed E-state index contributed by atoms with van der Waals surface area (Å²) in [4.78, 5) is 0. The molecule has 1 N–H and O–H groups in total. The van der Waals surface area contributed by atoms with Gasteiger partial charge < -0.3 is 9.94 Å². The number of fused-ring (bicyclic) bond motifs is 1. The van der Waals surface area contributed by atoms with E-state index in [4.69, 9.17) is 9.94 Å². The number of hydrogen-bond donors (Lipinski definition) is 1. The first-order valence-electron chi connectivity index (χ1n) is 4.69. The van der Waals surface area contributed by atoms with Crippen LogP contribution in [0.25, 0.3) is 0 Å². The van der Waals surface area contributed by atoms with Gasteiger partial charge in [-0.25, -0.2) is 0 Å². The lowest BCUT2D eigenvalue weighted by molar-refractivity contribution is 0.316. The molecule has 0 atom stereocenters. The van der Waals surface area contributed by atoms with Crippen molar-refractivity contribution in [2.24, 2.45) is 5.16 Å². The van der Waals surface area contributed by atoms with E-state index < -0.39 is 0 Å². The lowest BCUT2D eigenvalue weighted by Gasteiger charge is -2.17. The maximum Gasteiger partial charge on any atom is 0.119 e. The molecule has 0 radical (unpaired) electrons. The molecule has 2 rings (SSSR count). The van der Waals surface area contributed by atoms with Crippen LogP contribution in [0.2, 0.25) is 0 Å². The lowest BCUT2D eigenvalue weighted by Crippen LogP contribution is -2.13. The van der Waals surface area contributed by atoms with Gasteiger partial charge in [0.15, 0.2) is 0 Å². The van der Waals surface area contributed by atoms with Crippen LogP contribution >= 0.6 is 0 Å². The van der Waals surface area contributed by atoms with Crippen LogP contribution in [0.3, 0.4) is 0 Å². The minimum Gasteiger partial charge on any atom is -0.497 e. The largest absolute Gasteiger partial charge is 0.497 e. The molecule has 0 amide bonds. The molecule has 0 saturated carbocycles. The summed E-state index contributed by atoms with van der Waals surface area (Å²) in [7, 11) is 1.66. The molecule has 0 fully saturated rings. The van der Waals surface area contributed by atoms with Gasteiger partial charge in [-0.05, 0) is 36.1 Å². The topological polar surface area (TPSA) is 41.8 Å². The van der Waals surface area contributed by atoms with Crippen molar-refractivity contribution in [2.45, 2.75) is 19.3 Å². The van der Waals surface area contributed by atoms with Crippen molar-refractivity contribution in [3.05, 3.63) is 29.3 Å². The Kier molecular flexibility index (Phi) is 2.39. The molecule has 14 heavy (non-hydrogen) atoms. The van der Waals surface area contributed by atoms with Gasteiger partial charge in [-0.1, -0.05) is 11.2 Å². The molecule has 0 bridgehead atoms. The van der Waals surface area contributed by atoms with Crippen LogP contribution in [0.4, 0.5) is 0 Å². The number of methoxy groups -OCH3 is 1. The van der Waals surface area contributed by atoms with Gasteiger partial charge in [0.2, 0.25) is 0 Å². The molecule has 3 nitrogen and oxygen atoms in total. The van der Waals surface area contributed by atoms with Gasteiger partial charge in [-0.2, -0.15) is 0 Å². The minimum absolute atomic E-state index is 0.739. The van der Waals surface area contributed by atoms with E-state index >= 15 is 0 Å². The average molecular weight is 191 g/mol. The van der Waals surface area contributed by atoms with E-state index in [2.05, 4.69) is 11.2 Å². The van der Waals surface area contributed by atoms with E-state index in [1.807, 2.05) is 12.1 Å². The van der Waals surface area contributed by atoms with E-state index in [1.165, 1.54) is 11.1 Å². The van der Waals surface area contributed by atoms with Crippen molar-refractivity contribution in [1.82, 2.24) is 0 Å². The molecule has 0 aliphatic heterocycles. The van der Waals surface area contributed by atoms with Crippen LogP contribution in [0.1, 0.15) is 17.5 Å². The first kappa shape index (κ1) is 9.06. The monoisotopic (exact) mass is 191 g/mol. The number of benzene rings is 1. The normalized spacial score (nSPS) is 17.9. The summed E-state index contributed by atoms with van der Waals surface area (Å²) >= 11 is 0. The van der Waals surface area contributed by atoms with Gasteiger partial charge in [0.25, 0.3) is 0 Å². The van der Waals surface area contributed by atoms with Crippen molar-refractivity contribution in [1.29, 1.82) is 0 Å². The first-order chi connectivity index (χ1) is 6.83. The Morgan fingerprint density at radius 3 is 2.86 bits per heavy atom. The molecule has 1 aliphatic rings. The quantitative estimate of drug-likeness (QED) is 0.545. The Hall–Kier alpha value is -1.51. The van der Waals surface area contributed by atoms with Gasteiger partial charge in [-0.3, -0.25) is 0 Å². The number of rotatable bonds is 1. The number of oxime groups is 1. The maximum atomic E-state index is 8.70. The molecule has 0 saturated heterocycles. The predicted molar refractivity (Wildman–Crippen MR) is 54.2 cm³/mol. The molecule has 0 spiro atoms.